The maximum Gasteiger partial charge on any atom is 0.323 e. The highest BCUT2D eigenvalue weighted by Crippen LogP contribution is 2.45. The Hall–Kier alpha value is -2.08. The van der Waals surface area contributed by atoms with Crippen molar-refractivity contribution in [2.24, 2.45) is 29.1 Å². The Morgan fingerprint density at radius 3 is 1.98 bits per heavy atom. The van der Waals surface area contributed by atoms with E-state index in [-0.39, 0.29) is 36.8 Å². The van der Waals surface area contributed by atoms with E-state index in [1.807, 2.05) is 41.5 Å². The lowest BCUT2D eigenvalue weighted by molar-refractivity contribution is -0.163. The van der Waals surface area contributed by atoms with Crippen LogP contribution >= 0.6 is 0 Å². The molecule has 0 bridgehead atoms. The average Bonchev–Trinajstić information content (AvgIpc) is 3.02. The van der Waals surface area contributed by atoms with Gasteiger partial charge in [-0.3, -0.25) is 9.59 Å². The zero-order valence-corrected chi connectivity index (χ0v) is 33.2. The Balaban J connectivity index is 2.05. The normalized spacial score (nSPS) is 19.3. The van der Waals surface area contributed by atoms with Gasteiger partial charge in [0.15, 0.2) is 0 Å². The molecule has 0 radical (unpaired) electrons. The molecule has 276 valence electrons. The maximum absolute atomic E-state index is 13.8. The molecule has 1 aliphatic rings. The molecule has 0 aromatic heterocycles. The van der Waals surface area contributed by atoms with Crippen LogP contribution in [0.3, 0.4) is 0 Å². The quantitative estimate of drug-likeness (QED) is 0.0956. The van der Waals surface area contributed by atoms with Gasteiger partial charge in [-0.05, 0) is 115 Å². The highest BCUT2D eigenvalue weighted by atomic mass is 16.6. The van der Waals surface area contributed by atoms with Crippen molar-refractivity contribution in [1.82, 2.24) is 0 Å². The van der Waals surface area contributed by atoms with Gasteiger partial charge in [0.05, 0.1) is 18.6 Å². The number of rotatable bonds is 21. The first-order valence-electron chi connectivity index (χ1n) is 19.2. The summed E-state index contributed by atoms with van der Waals surface area (Å²) in [6.07, 6.45) is 14.0. The first kappa shape index (κ1) is 42.1. The molecule has 1 aromatic rings. The predicted octanol–water partition coefficient (Wildman–Crippen LogP) is 11.1. The zero-order valence-electron chi connectivity index (χ0n) is 33.2. The molecule has 0 N–H and O–H groups in total. The van der Waals surface area contributed by atoms with Crippen molar-refractivity contribution in [3.63, 3.8) is 0 Å². The SMILES string of the molecule is CCC(C)C(=O)OCC(C)(COC(C)C)C(=O)Oc1c(C)c(C)c2c(c1C)CC[C@@](C)(CCC[C@H](C)CCC[C@H](C)CCCC(C)C)O2. The van der Waals surface area contributed by atoms with Gasteiger partial charge in [0.1, 0.15) is 29.1 Å². The van der Waals surface area contributed by atoms with E-state index in [9.17, 15) is 9.59 Å². The average molecular weight is 673 g/mol. The fourth-order valence-electron chi connectivity index (χ4n) is 6.68. The van der Waals surface area contributed by atoms with E-state index < -0.39 is 11.4 Å². The van der Waals surface area contributed by atoms with Crippen LogP contribution in [0.2, 0.25) is 0 Å². The lowest BCUT2D eigenvalue weighted by Gasteiger charge is -2.38. The molecule has 2 unspecified atom stereocenters. The second kappa shape index (κ2) is 19.3. The molecule has 1 heterocycles. The van der Waals surface area contributed by atoms with Crippen LogP contribution in [0.4, 0.5) is 0 Å². The summed E-state index contributed by atoms with van der Waals surface area (Å²) in [5.41, 5.74) is 2.64. The number of carbonyl (C=O) groups is 2. The number of esters is 2. The van der Waals surface area contributed by atoms with Crippen LogP contribution < -0.4 is 9.47 Å². The fraction of sp³-hybridized carbons (Fsp3) is 0.810. The maximum atomic E-state index is 13.8. The number of hydrogen-bond acceptors (Lipinski definition) is 6. The van der Waals surface area contributed by atoms with Crippen molar-refractivity contribution in [3.05, 3.63) is 22.3 Å². The van der Waals surface area contributed by atoms with Crippen molar-refractivity contribution >= 4 is 11.9 Å². The van der Waals surface area contributed by atoms with Crippen molar-refractivity contribution in [1.29, 1.82) is 0 Å². The van der Waals surface area contributed by atoms with Gasteiger partial charge < -0.3 is 18.9 Å². The number of benzene rings is 1. The van der Waals surface area contributed by atoms with Crippen molar-refractivity contribution < 1.29 is 28.5 Å². The van der Waals surface area contributed by atoms with Gasteiger partial charge >= 0.3 is 11.9 Å². The molecular weight excluding hydrogens is 600 g/mol. The molecule has 0 saturated carbocycles. The summed E-state index contributed by atoms with van der Waals surface area (Å²) in [6, 6.07) is 0. The number of ether oxygens (including phenoxy) is 4. The predicted molar refractivity (Wildman–Crippen MR) is 198 cm³/mol. The fourth-order valence-corrected chi connectivity index (χ4v) is 6.68. The van der Waals surface area contributed by atoms with E-state index in [0.29, 0.717) is 12.2 Å². The molecule has 0 amide bonds. The third-order valence-corrected chi connectivity index (χ3v) is 10.8. The Morgan fingerprint density at radius 2 is 1.42 bits per heavy atom. The van der Waals surface area contributed by atoms with E-state index in [1.165, 1.54) is 51.4 Å². The molecule has 48 heavy (non-hydrogen) atoms. The summed E-state index contributed by atoms with van der Waals surface area (Å²) in [4.78, 5) is 26.3. The van der Waals surface area contributed by atoms with E-state index in [0.717, 1.165) is 65.0 Å². The molecule has 0 aliphatic carbocycles. The Bertz CT molecular complexity index is 1170. The largest absolute Gasteiger partial charge is 0.487 e. The minimum Gasteiger partial charge on any atom is -0.487 e. The summed E-state index contributed by atoms with van der Waals surface area (Å²) < 4.78 is 24.5. The summed E-state index contributed by atoms with van der Waals surface area (Å²) in [5.74, 6) is 2.92. The summed E-state index contributed by atoms with van der Waals surface area (Å²) in [5, 5.41) is 0. The Morgan fingerprint density at radius 1 is 0.833 bits per heavy atom. The van der Waals surface area contributed by atoms with Crippen LogP contribution in [0.1, 0.15) is 162 Å². The zero-order chi connectivity index (χ0) is 36.2. The van der Waals surface area contributed by atoms with Crippen LogP contribution in [0.5, 0.6) is 11.5 Å². The second-order valence-corrected chi connectivity index (χ2v) is 16.6. The van der Waals surface area contributed by atoms with Crippen molar-refractivity contribution in [2.75, 3.05) is 13.2 Å². The van der Waals surface area contributed by atoms with Crippen molar-refractivity contribution in [2.45, 2.75) is 179 Å². The van der Waals surface area contributed by atoms with Gasteiger partial charge in [-0.1, -0.05) is 86.5 Å². The van der Waals surface area contributed by atoms with Crippen molar-refractivity contribution in [3.8, 4) is 11.5 Å². The molecular formula is C42H72O6. The monoisotopic (exact) mass is 673 g/mol. The van der Waals surface area contributed by atoms with Gasteiger partial charge in [-0.15, -0.1) is 0 Å². The molecule has 6 heteroatoms. The van der Waals surface area contributed by atoms with Gasteiger partial charge in [-0.2, -0.15) is 0 Å². The van der Waals surface area contributed by atoms with Gasteiger partial charge in [0.2, 0.25) is 0 Å². The van der Waals surface area contributed by atoms with Crippen LogP contribution in [0, 0.1) is 49.9 Å². The van der Waals surface area contributed by atoms with Crippen LogP contribution in [-0.4, -0.2) is 36.9 Å². The molecule has 1 aromatic carbocycles. The first-order valence-corrected chi connectivity index (χ1v) is 19.2. The molecule has 0 spiro atoms. The van der Waals surface area contributed by atoms with Gasteiger partial charge in [-0.25, -0.2) is 0 Å². The molecule has 0 fully saturated rings. The molecule has 2 rings (SSSR count). The highest BCUT2D eigenvalue weighted by molar-refractivity contribution is 5.81. The van der Waals surface area contributed by atoms with Gasteiger partial charge in [0.25, 0.3) is 0 Å². The number of carbonyl (C=O) groups excluding carboxylic acids is 2. The van der Waals surface area contributed by atoms with E-state index in [2.05, 4.69) is 41.5 Å². The van der Waals surface area contributed by atoms with E-state index in [4.69, 9.17) is 18.9 Å². The summed E-state index contributed by atoms with van der Waals surface area (Å²) in [6.45, 7) is 27.2. The third-order valence-electron chi connectivity index (χ3n) is 10.8. The van der Waals surface area contributed by atoms with Crippen LogP contribution in [0.25, 0.3) is 0 Å². The molecule has 5 atom stereocenters. The Labute approximate surface area is 294 Å². The Kier molecular flexibility index (Phi) is 17.0. The lowest BCUT2D eigenvalue weighted by Crippen LogP contribution is -2.42. The van der Waals surface area contributed by atoms with E-state index >= 15 is 0 Å². The standard InChI is InChI=1S/C42H72O6/c1-14-32(8)39(43)46-27-41(12,26-45-29(4)5)40(44)47-37-33(9)34(10)38-36(35(37)11)23-25-42(13,48-38)24-17-22-31(7)21-16-20-30(6)19-15-18-28(2)3/h28-32H,14-27H2,1-13H3/t30-,31-,32?,41?,42-/m1/s1. The van der Waals surface area contributed by atoms with E-state index in [1.54, 1.807) is 6.92 Å². The molecule has 6 nitrogen and oxygen atoms in total. The topological polar surface area (TPSA) is 71.1 Å². The third kappa shape index (κ3) is 12.7. The number of fused-ring (bicyclic) bond motifs is 1. The number of hydrogen-bond donors (Lipinski definition) is 0. The summed E-state index contributed by atoms with van der Waals surface area (Å²) in [7, 11) is 0. The van der Waals surface area contributed by atoms with Crippen LogP contribution in [-0.2, 0) is 25.5 Å². The molecule has 1 aliphatic heterocycles. The highest BCUT2D eigenvalue weighted by Gasteiger charge is 2.40. The smallest absolute Gasteiger partial charge is 0.323 e. The summed E-state index contributed by atoms with van der Waals surface area (Å²) >= 11 is 0. The second-order valence-electron chi connectivity index (χ2n) is 16.6. The first-order chi connectivity index (χ1) is 22.4. The van der Waals surface area contributed by atoms with Crippen LogP contribution in [0.15, 0.2) is 0 Å². The van der Waals surface area contributed by atoms with Gasteiger partial charge in [0, 0.05) is 5.56 Å². The minimum atomic E-state index is -1.14. The molecule has 0 saturated heterocycles. The minimum absolute atomic E-state index is 0.0791. The lowest BCUT2D eigenvalue weighted by atomic mass is 9.83.